The molecule has 3 heterocycles. The smallest absolute Gasteiger partial charge is 0.132 e. The van der Waals surface area contributed by atoms with Crippen LogP contribution in [0.5, 0.6) is 0 Å². The predicted octanol–water partition coefficient (Wildman–Crippen LogP) is 4.21. The zero-order chi connectivity index (χ0) is 14.7. The van der Waals surface area contributed by atoms with E-state index in [9.17, 15) is 0 Å². The highest BCUT2D eigenvalue weighted by Crippen LogP contribution is 2.26. The van der Waals surface area contributed by atoms with Crippen LogP contribution in [0.4, 0.5) is 11.6 Å². The van der Waals surface area contributed by atoms with E-state index in [0.717, 1.165) is 33.6 Å². The van der Waals surface area contributed by atoms with E-state index in [0.29, 0.717) is 0 Å². The third kappa shape index (κ3) is 3.25. The molecule has 0 aromatic carbocycles. The molecule has 5 heteroatoms. The molecule has 0 amide bonds. The first-order valence-electron chi connectivity index (χ1n) is 6.86. The summed E-state index contributed by atoms with van der Waals surface area (Å²) in [6, 6.07) is 9.90. The zero-order valence-corrected chi connectivity index (χ0v) is 12.8. The number of thiazole rings is 1. The van der Waals surface area contributed by atoms with Crippen LogP contribution in [0.3, 0.4) is 0 Å². The number of aromatic nitrogens is 3. The van der Waals surface area contributed by atoms with Crippen molar-refractivity contribution in [3.63, 3.8) is 0 Å². The number of nitrogens with zero attached hydrogens (tertiary/aromatic N) is 3. The normalized spacial score (nSPS) is 10.6. The quantitative estimate of drug-likeness (QED) is 0.783. The minimum absolute atomic E-state index is 0.789. The van der Waals surface area contributed by atoms with Crippen molar-refractivity contribution in [3.05, 3.63) is 53.3 Å². The number of hydrogen-bond donors (Lipinski definition) is 1. The summed E-state index contributed by atoms with van der Waals surface area (Å²) in [5.41, 5.74) is 2.10. The van der Waals surface area contributed by atoms with E-state index in [1.54, 1.807) is 17.5 Å². The molecule has 0 saturated carbocycles. The summed E-state index contributed by atoms with van der Waals surface area (Å²) in [7, 11) is 0. The fourth-order valence-electron chi connectivity index (χ4n) is 1.97. The van der Waals surface area contributed by atoms with E-state index in [1.165, 1.54) is 5.56 Å². The first-order chi connectivity index (χ1) is 10.2. The van der Waals surface area contributed by atoms with Crippen LogP contribution in [0.1, 0.15) is 17.5 Å². The van der Waals surface area contributed by atoms with Crippen LogP contribution in [0.2, 0.25) is 0 Å². The van der Waals surface area contributed by atoms with Crippen LogP contribution >= 0.6 is 11.3 Å². The summed E-state index contributed by atoms with van der Waals surface area (Å²) in [4.78, 5) is 14.4. The Kier molecular flexibility index (Phi) is 3.92. The average Bonchev–Trinajstić information content (AvgIpc) is 2.96. The third-order valence-electron chi connectivity index (χ3n) is 3.03. The van der Waals surface area contributed by atoms with Crippen LogP contribution in [0.15, 0.2) is 42.7 Å². The highest BCUT2D eigenvalue weighted by atomic mass is 32.1. The summed E-state index contributed by atoms with van der Waals surface area (Å²) >= 11 is 1.69. The lowest BCUT2D eigenvalue weighted by Crippen LogP contribution is -1.96. The molecule has 0 spiro atoms. The Morgan fingerprint density at radius 2 is 2.05 bits per heavy atom. The van der Waals surface area contributed by atoms with Gasteiger partial charge in [0.15, 0.2) is 0 Å². The van der Waals surface area contributed by atoms with Gasteiger partial charge < -0.3 is 5.32 Å². The Morgan fingerprint density at radius 3 is 2.81 bits per heavy atom. The van der Waals surface area contributed by atoms with Crippen LogP contribution in [-0.2, 0) is 6.42 Å². The highest BCUT2D eigenvalue weighted by Gasteiger charge is 2.06. The fourth-order valence-corrected chi connectivity index (χ4v) is 2.80. The van der Waals surface area contributed by atoms with Gasteiger partial charge in [0.2, 0.25) is 0 Å². The Labute approximate surface area is 127 Å². The molecule has 0 saturated heterocycles. The molecule has 1 N–H and O–H groups in total. The molecule has 4 nitrogen and oxygen atoms in total. The standard InChI is InChI=1S/C16H16N4S/c1-3-16-18-10-13(21-16)12-5-4-6-14(19-12)20-15-9-11(2)7-8-17-15/h4-10H,3H2,1-2H3,(H,17,19,20). The molecule has 0 fully saturated rings. The molecule has 0 radical (unpaired) electrons. The van der Waals surface area contributed by atoms with E-state index >= 15 is 0 Å². The highest BCUT2D eigenvalue weighted by molar-refractivity contribution is 7.15. The maximum atomic E-state index is 4.63. The predicted molar refractivity (Wildman–Crippen MR) is 87.0 cm³/mol. The molecule has 3 rings (SSSR count). The van der Waals surface area contributed by atoms with Gasteiger partial charge in [-0.15, -0.1) is 11.3 Å². The van der Waals surface area contributed by atoms with Gasteiger partial charge in [0.05, 0.1) is 15.6 Å². The Morgan fingerprint density at radius 1 is 1.14 bits per heavy atom. The van der Waals surface area contributed by atoms with E-state index in [4.69, 9.17) is 0 Å². The summed E-state index contributed by atoms with van der Waals surface area (Å²) in [5.74, 6) is 1.59. The van der Waals surface area contributed by atoms with Crippen molar-refractivity contribution in [2.24, 2.45) is 0 Å². The maximum Gasteiger partial charge on any atom is 0.132 e. The zero-order valence-electron chi connectivity index (χ0n) is 12.0. The van der Waals surface area contributed by atoms with Crippen LogP contribution < -0.4 is 5.32 Å². The summed E-state index contributed by atoms with van der Waals surface area (Å²) < 4.78 is 0. The van der Waals surface area contributed by atoms with Crippen LogP contribution in [-0.4, -0.2) is 15.0 Å². The molecule has 0 atom stereocenters. The second kappa shape index (κ2) is 6.01. The first-order valence-corrected chi connectivity index (χ1v) is 7.68. The molecule has 3 aromatic rings. The van der Waals surface area contributed by atoms with Crippen LogP contribution in [0.25, 0.3) is 10.6 Å². The SMILES string of the molecule is CCc1ncc(-c2cccc(Nc3cc(C)ccn3)n2)s1. The molecule has 0 aliphatic rings. The second-order valence-electron chi connectivity index (χ2n) is 4.72. The van der Waals surface area contributed by atoms with Gasteiger partial charge in [0, 0.05) is 12.4 Å². The summed E-state index contributed by atoms with van der Waals surface area (Å²) in [6.07, 6.45) is 4.63. The molecule has 21 heavy (non-hydrogen) atoms. The number of nitrogens with one attached hydrogen (secondary N) is 1. The van der Waals surface area contributed by atoms with Gasteiger partial charge in [0.25, 0.3) is 0 Å². The van der Waals surface area contributed by atoms with Crippen molar-refractivity contribution in [1.29, 1.82) is 0 Å². The van der Waals surface area contributed by atoms with E-state index in [1.807, 2.05) is 43.5 Å². The minimum Gasteiger partial charge on any atom is -0.325 e. The Balaban J connectivity index is 1.86. The van der Waals surface area contributed by atoms with Crippen molar-refractivity contribution in [3.8, 4) is 10.6 Å². The van der Waals surface area contributed by atoms with Crippen molar-refractivity contribution in [2.45, 2.75) is 20.3 Å². The lowest BCUT2D eigenvalue weighted by molar-refractivity contribution is 1.09. The van der Waals surface area contributed by atoms with Gasteiger partial charge >= 0.3 is 0 Å². The van der Waals surface area contributed by atoms with E-state index in [2.05, 4.69) is 27.2 Å². The van der Waals surface area contributed by atoms with Gasteiger partial charge in [-0.3, -0.25) is 0 Å². The lowest BCUT2D eigenvalue weighted by Gasteiger charge is -2.06. The van der Waals surface area contributed by atoms with Crippen molar-refractivity contribution >= 4 is 23.0 Å². The van der Waals surface area contributed by atoms with E-state index in [-0.39, 0.29) is 0 Å². The van der Waals surface area contributed by atoms with Crippen LogP contribution in [0, 0.1) is 6.92 Å². The number of pyridine rings is 2. The maximum absolute atomic E-state index is 4.63. The topological polar surface area (TPSA) is 50.7 Å². The third-order valence-corrected chi connectivity index (χ3v) is 4.19. The first kappa shape index (κ1) is 13.7. The van der Waals surface area contributed by atoms with Crippen molar-refractivity contribution < 1.29 is 0 Å². The van der Waals surface area contributed by atoms with Gasteiger partial charge in [-0.05, 0) is 43.2 Å². The number of aryl methyl sites for hydroxylation is 2. The molecule has 106 valence electrons. The molecular formula is C16H16N4S. The Hall–Kier alpha value is -2.27. The Bertz CT molecular complexity index is 751. The molecule has 0 bridgehead atoms. The number of anilines is 2. The van der Waals surface area contributed by atoms with Gasteiger partial charge in [-0.2, -0.15) is 0 Å². The second-order valence-corrected chi connectivity index (χ2v) is 5.84. The van der Waals surface area contributed by atoms with Crippen molar-refractivity contribution in [1.82, 2.24) is 15.0 Å². The largest absolute Gasteiger partial charge is 0.325 e. The van der Waals surface area contributed by atoms with Gasteiger partial charge in [-0.1, -0.05) is 13.0 Å². The number of rotatable bonds is 4. The van der Waals surface area contributed by atoms with Gasteiger partial charge in [-0.25, -0.2) is 15.0 Å². The minimum atomic E-state index is 0.789. The number of hydrogen-bond acceptors (Lipinski definition) is 5. The fraction of sp³-hybridized carbons (Fsp3) is 0.188. The molecule has 3 aromatic heterocycles. The summed E-state index contributed by atoms with van der Waals surface area (Å²) in [5, 5.41) is 4.37. The molecule has 0 aliphatic heterocycles. The monoisotopic (exact) mass is 296 g/mol. The molecular weight excluding hydrogens is 280 g/mol. The molecule has 0 aliphatic carbocycles. The lowest BCUT2D eigenvalue weighted by atomic mass is 10.3. The summed E-state index contributed by atoms with van der Waals surface area (Å²) in [6.45, 7) is 4.15. The van der Waals surface area contributed by atoms with Gasteiger partial charge in [0.1, 0.15) is 11.6 Å². The molecule has 0 unspecified atom stereocenters. The average molecular weight is 296 g/mol. The van der Waals surface area contributed by atoms with E-state index < -0.39 is 0 Å². The van der Waals surface area contributed by atoms with Crippen molar-refractivity contribution in [2.75, 3.05) is 5.32 Å².